The van der Waals surface area contributed by atoms with Crippen LogP contribution in [0, 0.1) is 5.41 Å². The largest absolute Gasteiger partial charge is 0.472 e. The fourth-order valence-electron chi connectivity index (χ4n) is 4.13. The van der Waals surface area contributed by atoms with E-state index in [0.717, 1.165) is 37.9 Å². The van der Waals surface area contributed by atoms with Gasteiger partial charge >= 0.3 is 0 Å². The summed E-state index contributed by atoms with van der Waals surface area (Å²) in [5.74, 6) is -0.300. The van der Waals surface area contributed by atoms with Crippen molar-refractivity contribution in [1.29, 1.82) is 0 Å². The third-order valence-electron chi connectivity index (χ3n) is 5.84. The number of amides is 2. The van der Waals surface area contributed by atoms with Crippen molar-refractivity contribution in [2.24, 2.45) is 5.41 Å². The minimum absolute atomic E-state index is 0.0153. The maximum Gasteiger partial charge on any atom is 0.255 e. The molecule has 2 amide bonds. The summed E-state index contributed by atoms with van der Waals surface area (Å²) in [6, 6.07) is 3.35. The normalized spacial score (nSPS) is 21.6. The third-order valence-corrected chi connectivity index (χ3v) is 6.57. The Morgan fingerprint density at radius 2 is 2.22 bits per heavy atom. The van der Waals surface area contributed by atoms with E-state index < -0.39 is 6.04 Å². The summed E-state index contributed by atoms with van der Waals surface area (Å²) in [4.78, 5) is 27.5. The van der Waals surface area contributed by atoms with E-state index in [-0.39, 0.29) is 23.3 Å². The smallest absolute Gasteiger partial charge is 0.255 e. The van der Waals surface area contributed by atoms with Gasteiger partial charge in [-0.1, -0.05) is 0 Å². The predicted octanol–water partition coefficient (Wildman–Crippen LogP) is 2.63. The molecule has 3 heterocycles. The first-order valence-electron chi connectivity index (χ1n) is 9.44. The lowest BCUT2D eigenvalue weighted by molar-refractivity contribution is -0.134. The highest BCUT2D eigenvalue weighted by Gasteiger charge is 2.58. The van der Waals surface area contributed by atoms with Crippen molar-refractivity contribution in [3.63, 3.8) is 0 Å². The molecule has 0 radical (unpaired) electrons. The number of furan rings is 1. The van der Waals surface area contributed by atoms with Gasteiger partial charge in [-0.05, 0) is 73.1 Å². The third kappa shape index (κ3) is 3.80. The first-order chi connectivity index (χ1) is 13.1. The van der Waals surface area contributed by atoms with Crippen molar-refractivity contribution in [1.82, 2.24) is 15.5 Å². The van der Waals surface area contributed by atoms with Gasteiger partial charge in [0.2, 0.25) is 5.91 Å². The summed E-state index contributed by atoms with van der Waals surface area (Å²) >= 11 is 1.64. The van der Waals surface area contributed by atoms with Gasteiger partial charge in [0.1, 0.15) is 12.3 Å². The molecule has 2 fully saturated rings. The molecule has 1 aliphatic heterocycles. The topological polar surface area (TPSA) is 74.6 Å². The fourth-order valence-corrected chi connectivity index (χ4v) is 4.79. The van der Waals surface area contributed by atoms with Crippen LogP contribution in [0.3, 0.4) is 0 Å². The van der Waals surface area contributed by atoms with Crippen molar-refractivity contribution in [3.05, 3.63) is 46.5 Å². The highest BCUT2D eigenvalue weighted by Crippen LogP contribution is 2.56. The average molecular weight is 388 g/mol. The van der Waals surface area contributed by atoms with Gasteiger partial charge in [0.15, 0.2) is 0 Å². The highest BCUT2D eigenvalue weighted by molar-refractivity contribution is 7.07. The maximum atomic E-state index is 13.3. The quantitative estimate of drug-likeness (QED) is 0.799. The minimum Gasteiger partial charge on any atom is -0.472 e. The van der Waals surface area contributed by atoms with Gasteiger partial charge in [-0.15, -0.1) is 0 Å². The second kappa shape index (κ2) is 7.48. The Labute approximate surface area is 162 Å². The number of piperidine rings is 1. The summed E-state index contributed by atoms with van der Waals surface area (Å²) in [7, 11) is 0. The van der Waals surface area contributed by atoms with Crippen LogP contribution < -0.4 is 10.6 Å². The number of carbonyl (C=O) groups excluding carboxylic acids is 2. The number of nitrogens with zero attached hydrogens (tertiary/aromatic N) is 1. The van der Waals surface area contributed by atoms with Crippen LogP contribution in [0.15, 0.2) is 39.8 Å². The van der Waals surface area contributed by atoms with Gasteiger partial charge in [-0.3, -0.25) is 9.59 Å². The summed E-state index contributed by atoms with van der Waals surface area (Å²) in [5, 5.41) is 10.4. The molecule has 2 aliphatic rings. The van der Waals surface area contributed by atoms with E-state index in [2.05, 4.69) is 22.1 Å². The van der Waals surface area contributed by atoms with Gasteiger partial charge in [0, 0.05) is 12.6 Å². The molecule has 144 valence electrons. The van der Waals surface area contributed by atoms with Crippen LogP contribution in [0.1, 0.15) is 42.1 Å². The zero-order valence-electron chi connectivity index (χ0n) is 15.4. The molecular formula is C20H25N3O3S. The van der Waals surface area contributed by atoms with E-state index in [0.29, 0.717) is 12.1 Å². The van der Waals surface area contributed by atoms with Crippen molar-refractivity contribution < 1.29 is 14.0 Å². The SMILES string of the molecule is CC(NC(=O)c1ccoc1)C(=O)N(Cc1ccsc1)C1CC12CCNCC2. The van der Waals surface area contributed by atoms with Gasteiger partial charge in [-0.2, -0.15) is 11.3 Å². The molecular weight excluding hydrogens is 362 g/mol. The summed E-state index contributed by atoms with van der Waals surface area (Å²) in [6.07, 6.45) is 6.13. The molecule has 2 N–H and O–H groups in total. The highest BCUT2D eigenvalue weighted by atomic mass is 32.1. The number of hydrogen-bond acceptors (Lipinski definition) is 5. The van der Waals surface area contributed by atoms with E-state index >= 15 is 0 Å². The van der Waals surface area contributed by atoms with Crippen molar-refractivity contribution in [2.45, 2.75) is 44.8 Å². The molecule has 1 aliphatic carbocycles. The molecule has 2 unspecified atom stereocenters. The van der Waals surface area contributed by atoms with E-state index in [9.17, 15) is 9.59 Å². The first kappa shape index (κ1) is 18.3. The number of hydrogen-bond donors (Lipinski definition) is 2. The molecule has 0 bridgehead atoms. The van der Waals surface area contributed by atoms with Crippen LogP contribution in [0.4, 0.5) is 0 Å². The summed E-state index contributed by atoms with van der Waals surface area (Å²) in [5.41, 5.74) is 1.84. The molecule has 1 saturated heterocycles. The molecule has 1 saturated carbocycles. The van der Waals surface area contributed by atoms with E-state index in [1.807, 2.05) is 10.3 Å². The Bertz CT molecular complexity index is 782. The zero-order valence-corrected chi connectivity index (χ0v) is 16.3. The molecule has 2 aromatic heterocycles. The van der Waals surface area contributed by atoms with Gasteiger partial charge in [0.05, 0.1) is 11.8 Å². The number of nitrogens with one attached hydrogen (secondary N) is 2. The lowest BCUT2D eigenvalue weighted by Gasteiger charge is -2.31. The van der Waals surface area contributed by atoms with Crippen LogP contribution in [-0.4, -0.2) is 41.9 Å². The molecule has 27 heavy (non-hydrogen) atoms. The molecule has 2 atom stereocenters. The number of rotatable bonds is 6. The maximum absolute atomic E-state index is 13.3. The molecule has 0 aromatic carbocycles. The van der Waals surface area contributed by atoms with Gasteiger partial charge in [-0.25, -0.2) is 0 Å². The molecule has 7 heteroatoms. The van der Waals surface area contributed by atoms with Gasteiger partial charge in [0.25, 0.3) is 5.91 Å². The fraction of sp³-hybridized carbons (Fsp3) is 0.500. The lowest BCUT2D eigenvalue weighted by Crippen LogP contribution is -2.49. The van der Waals surface area contributed by atoms with E-state index in [1.54, 1.807) is 24.3 Å². The molecule has 6 nitrogen and oxygen atoms in total. The predicted molar refractivity (Wildman–Crippen MR) is 103 cm³/mol. The molecule has 2 aromatic rings. The van der Waals surface area contributed by atoms with Crippen LogP contribution in [0.25, 0.3) is 0 Å². The Balaban J connectivity index is 1.47. The van der Waals surface area contributed by atoms with Crippen molar-refractivity contribution >= 4 is 23.2 Å². The number of carbonyl (C=O) groups is 2. The average Bonchev–Trinajstić information content (AvgIpc) is 3.12. The Kier molecular flexibility index (Phi) is 5.06. The van der Waals surface area contributed by atoms with Crippen LogP contribution in [0.2, 0.25) is 0 Å². The molecule has 1 spiro atoms. The minimum atomic E-state index is -0.578. The van der Waals surface area contributed by atoms with Crippen LogP contribution >= 0.6 is 11.3 Å². The lowest BCUT2D eigenvalue weighted by atomic mass is 9.93. The second-order valence-corrected chi connectivity index (χ2v) is 8.42. The number of thiophene rings is 1. The van der Waals surface area contributed by atoms with Crippen LogP contribution in [-0.2, 0) is 11.3 Å². The first-order valence-corrected chi connectivity index (χ1v) is 10.4. The zero-order chi connectivity index (χ0) is 18.9. The Morgan fingerprint density at radius 1 is 1.41 bits per heavy atom. The monoisotopic (exact) mass is 387 g/mol. The van der Waals surface area contributed by atoms with E-state index in [1.165, 1.54) is 12.5 Å². The van der Waals surface area contributed by atoms with E-state index in [4.69, 9.17) is 4.42 Å². The Morgan fingerprint density at radius 3 is 2.89 bits per heavy atom. The van der Waals surface area contributed by atoms with Gasteiger partial charge < -0.3 is 20.0 Å². The standard InChI is InChI=1S/C20H25N3O3S/c1-14(22-18(24)16-2-8-26-12-16)19(25)23(11-15-3-9-27-13-15)17-10-20(17)4-6-21-7-5-20/h2-3,8-9,12-14,17,21H,4-7,10-11H2,1H3,(H,22,24). The summed E-state index contributed by atoms with van der Waals surface area (Å²) in [6.45, 7) is 4.40. The van der Waals surface area contributed by atoms with Crippen molar-refractivity contribution in [3.8, 4) is 0 Å². The Hall–Kier alpha value is -2.12. The summed E-state index contributed by atoms with van der Waals surface area (Å²) < 4.78 is 4.96. The second-order valence-electron chi connectivity index (χ2n) is 7.64. The van der Waals surface area contributed by atoms with Crippen molar-refractivity contribution in [2.75, 3.05) is 13.1 Å². The van der Waals surface area contributed by atoms with Crippen LogP contribution in [0.5, 0.6) is 0 Å². The molecule has 4 rings (SSSR count).